The van der Waals surface area contributed by atoms with E-state index in [-0.39, 0.29) is 36.2 Å². The van der Waals surface area contributed by atoms with Crippen LogP contribution in [0.1, 0.15) is 47.0 Å². The summed E-state index contributed by atoms with van der Waals surface area (Å²) < 4.78 is 0. The van der Waals surface area contributed by atoms with Crippen molar-refractivity contribution in [2.24, 2.45) is 11.8 Å². The number of fused-ring (bicyclic) bond motifs is 1. The summed E-state index contributed by atoms with van der Waals surface area (Å²) in [4.78, 5) is 36.8. The van der Waals surface area contributed by atoms with Crippen LogP contribution in [0.3, 0.4) is 0 Å². The molecule has 3 rings (SSSR count). The first-order valence-corrected chi connectivity index (χ1v) is 15.6. The monoisotopic (exact) mass is 593 g/mol. The summed E-state index contributed by atoms with van der Waals surface area (Å²) in [5.74, 6) is 0.302. The smallest absolute Gasteiger partial charge is 0.244 e. The summed E-state index contributed by atoms with van der Waals surface area (Å²) in [6, 6.07) is 13.4. The van der Waals surface area contributed by atoms with Gasteiger partial charge in [0.25, 0.3) is 0 Å². The molecule has 228 valence electrons. The normalized spacial score (nSPS) is 15.6. The number of amides is 3. The predicted octanol–water partition coefficient (Wildman–Crippen LogP) is 4.90. The molecule has 0 radical (unpaired) electrons. The van der Waals surface area contributed by atoms with Gasteiger partial charge in [0.1, 0.15) is 6.04 Å². The molecule has 0 aliphatic carbocycles. The van der Waals surface area contributed by atoms with Crippen LogP contribution in [0, 0.1) is 11.8 Å². The third-order valence-corrected chi connectivity index (χ3v) is 7.79. The minimum Gasteiger partial charge on any atom is -0.398 e. The lowest BCUT2D eigenvalue weighted by molar-refractivity contribution is -0.131. The van der Waals surface area contributed by atoms with Crippen molar-refractivity contribution in [1.29, 1.82) is 0 Å². The summed E-state index contributed by atoms with van der Waals surface area (Å²) in [7, 11) is 0. The number of carbonyl (C=O) groups is 3. The molecule has 2 aromatic carbocycles. The lowest BCUT2D eigenvalue weighted by Crippen LogP contribution is -2.51. The Morgan fingerprint density at radius 3 is 2.43 bits per heavy atom. The Morgan fingerprint density at radius 2 is 1.76 bits per heavy atom. The Labute approximate surface area is 255 Å². The standard InChI is InChI=1S/C23H38N4O3S.C10H9N/c1-5-7-13-31-15-20(17(3)8-6-2)14-21(23(30)26-16-25-18(4)28)27-22(29)19-9-11-24-12-10-19;11-10-7-3-5-8-4-1-2-6-9(8)10/h5-8,15,17,19,21,24H,9-14,16H2,1-4H3,(H,25,28)(H,26,30)(H,27,29);1-7H,11H2/b7-5-,8-6-,20-15-;/t17?,21-;/m1./s1. The van der Waals surface area contributed by atoms with Gasteiger partial charge in [-0.3, -0.25) is 14.4 Å². The molecule has 2 atom stereocenters. The van der Waals surface area contributed by atoms with Crippen molar-refractivity contribution < 1.29 is 14.4 Å². The Morgan fingerprint density at radius 1 is 1.05 bits per heavy atom. The fourth-order valence-electron chi connectivity index (χ4n) is 4.51. The number of nitrogens with one attached hydrogen (secondary N) is 4. The number of carbonyl (C=O) groups excluding carboxylic acids is 3. The molecule has 0 bridgehead atoms. The predicted molar refractivity (Wildman–Crippen MR) is 177 cm³/mol. The van der Waals surface area contributed by atoms with Gasteiger partial charge in [0.2, 0.25) is 17.7 Å². The molecular weight excluding hydrogens is 546 g/mol. The molecule has 1 unspecified atom stereocenters. The summed E-state index contributed by atoms with van der Waals surface area (Å²) in [5.41, 5.74) is 7.69. The Kier molecular flexibility index (Phi) is 16.1. The van der Waals surface area contributed by atoms with E-state index < -0.39 is 6.04 Å². The van der Waals surface area contributed by atoms with Crippen molar-refractivity contribution >= 4 is 45.9 Å². The zero-order chi connectivity index (χ0) is 30.7. The number of allylic oxidation sites excluding steroid dienone is 3. The van der Waals surface area contributed by atoms with Gasteiger partial charge in [0.05, 0.1) is 6.67 Å². The molecule has 2 aromatic rings. The van der Waals surface area contributed by atoms with Crippen molar-refractivity contribution in [2.75, 3.05) is 31.2 Å². The highest BCUT2D eigenvalue weighted by Gasteiger charge is 2.28. The topological polar surface area (TPSA) is 125 Å². The van der Waals surface area contributed by atoms with Crippen LogP contribution in [-0.4, -0.2) is 49.3 Å². The molecule has 42 heavy (non-hydrogen) atoms. The number of piperidine rings is 1. The van der Waals surface area contributed by atoms with Crippen molar-refractivity contribution in [2.45, 2.75) is 53.0 Å². The van der Waals surface area contributed by atoms with Gasteiger partial charge in [-0.2, -0.15) is 0 Å². The van der Waals surface area contributed by atoms with Gasteiger partial charge in [0, 0.05) is 29.7 Å². The lowest BCUT2D eigenvalue weighted by atomic mass is 9.93. The zero-order valence-corrected chi connectivity index (χ0v) is 26.1. The van der Waals surface area contributed by atoms with Crippen LogP contribution >= 0.6 is 11.8 Å². The van der Waals surface area contributed by atoms with Crippen LogP contribution in [-0.2, 0) is 14.4 Å². The van der Waals surface area contributed by atoms with Crippen LogP contribution < -0.4 is 27.0 Å². The van der Waals surface area contributed by atoms with Gasteiger partial charge >= 0.3 is 0 Å². The van der Waals surface area contributed by atoms with Crippen molar-refractivity contribution in [1.82, 2.24) is 21.3 Å². The van der Waals surface area contributed by atoms with Crippen molar-refractivity contribution in [3.8, 4) is 0 Å². The van der Waals surface area contributed by atoms with E-state index in [2.05, 4.69) is 57.9 Å². The molecule has 0 saturated carbocycles. The van der Waals surface area contributed by atoms with Gasteiger partial charge < -0.3 is 27.0 Å². The van der Waals surface area contributed by atoms with E-state index in [0.29, 0.717) is 6.42 Å². The highest BCUT2D eigenvalue weighted by Crippen LogP contribution is 2.23. The molecule has 0 spiro atoms. The largest absolute Gasteiger partial charge is 0.398 e. The molecule has 1 fully saturated rings. The van der Waals surface area contributed by atoms with Gasteiger partial charge in [-0.1, -0.05) is 73.2 Å². The number of hydrogen-bond acceptors (Lipinski definition) is 6. The second kappa shape index (κ2) is 19.5. The molecule has 3 amide bonds. The molecule has 6 N–H and O–H groups in total. The van der Waals surface area contributed by atoms with Crippen molar-refractivity contribution in [3.63, 3.8) is 0 Å². The number of benzene rings is 2. The van der Waals surface area contributed by atoms with Crippen LogP contribution in [0.15, 0.2) is 77.7 Å². The summed E-state index contributed by atoms with van der Waals surface area (Å²) >= 11 is 1.67. The molecule has 1 saturated heterocycles. The number of nitrogens with two attached hydrogens (primary N) is 1. The first kappa shape index (κ1) is 34.6. The van der Waals surface area contributed by atoms with E-state index in [0.717, 1.165) is 48.3 Å². The van der Waals surface area contributed by atoms with Crippen LogP contribution in [0.5, 0.6) is 0 Å². The summed E-state index contributed by atoms with van der Waals surface area (Å²) in [5, 5.41) is 15.9. The molecule has 1 heterocycles. The molecule has 9 heteroatoms. The second-order valence-electron chi connectivity index (χ2n) is 10.2. The Balaban J connectivity index is 0.000000459. The fraction of sp³-hybridized carbons (Fsp3) is 0.424. The van der Waals surface area contributed by atoms with E-state index in [1.807, 2.05) is 56.3 Å². The van der Waals surface area contributed by atoms with Gasteiger partial charge in [-0.15, -0.1) is 11.8 Å². The van der Waals surface area contributed by atoms with E-state index in [1.165, 1.54) is 12.3 Å². The maximum absolute atomic E-state index is 12.9. The lowest BCUT2D eigenvalue weighted by Gasteiger charge is -2.26. The van der Waals surface area contributed by atoms with Crippen molar-refractivity contribution in [3.05, 3.63) is 77.7 Å². The number of thioether (sulfide) groups is 1. The third kappa shape index (κ3) is 12.5. The van der Waals surface area contributed by atoms with E-state index in [1.54, 1.807) is 11.8 Å². The number of nitrogen functional groups attached to an aromatic ring is 1. The summed E-state index contributed by atoms with van der Waals surface area (Å²) in [6.07, 6.45) is 10.1. The Hall–Kier alpha value is -3.56. The van der Waals surface area contributed by atoms with E-state index in [4.69, 9.17) is 5.73 Å². The number of rotatable bonds is 12. The molecule has 1 aliphatic heterocycles. The number of hydrogen-bond donors (Lipinski definition) is 5. The quantitative estimate of drug-likeness (QED) is 0.103. The molecule has 8 nitrogen and oxygen atoms in total. The van der Waals surface area contributed by atoms with Gasteiger partial charge in [-0.25, -0.2) is 0 Å². The van der Waals surface area contributed by atoms with Gasteiger partial charge in [0.15, 0.2) is 0 Å². The number of anilines is 1. The first-order valence-electron chi connectivity index (χ1n) is 14.6. The minimum atomic E-state index is -0.697. The molecule has 0 aromatic heterocycles. The zero-order valence-electron chi connectivity index (χ0n) is 25.3. The fourth-order valence-corrected chi connectivity index (χ4v) is 5.43. The van der Waals surface area contributed by atoms with E-state index >= 15 is 0 Å². The maximum atomic E-state index is 12.9. The SMILES string of the molecule is C/C=C\CS/C=C(/C[C@@H](NC(=O)C1CCNCC1)C(=O)NCNC(C)=O)C(C)/C=C\C.Nc1cccc2ccccc12. The molecular formula is C33H47N5O3S. The second-order valence-corrected chi connectivity index (χ2v) is 11.1. The van der Waals surface area contributed by atoms with Crippen LogP contribution in [0.2, 0.25) is 0 Å². The van der Waals surface area contributed by atoms with E-state index in [9.17, 15) is 14.4 Å². The highest BCUT2D eigenvalue weighted by molar-refractivity contribution is 8.02. The summed E-state index contributed by atoms with van der Waals surface area (Å²) in [6.45, 7) is 9.09. The molecule has 1 aliphatic rings. The highest BCUT2D eigenvalue weighted by atomic mass is 32.2. The van der Waals surface area contributed by atoms with Crippen LogP contribution in [0.4, 0.5) is 5.69 Å². The minimum absolute atomic E-state index is 0.0351. The average molecular weight is 594 g/mol. The third-order valence-electron chi connectivity index (χ3n) is 6.93. The average Bonchev–Trinajstić information content (AvgIpc) is 2.99. The Bertz CT molecular complexity index is 1230. The maximum Gasteiger partial charge on any atom is 0.244 e. The van der Waals surface area contributed by atoms with Crippen LogP contribution in [0.25, 0.3) is 10.8 Å². The van der Waals surface area contributed by atoms with Gasteiger partial charge in [-0.05, 0) is 69.0 Å². The first-order chi connectivity index (χ1) is 20.3.